The third-order valence-electron chi connectivity index (χ3n) is 5.41. The largest absolute Gasteiger partial charge is 0.495 e. The third-order valence-corrected chi connectivity index (χ3v) is 5.41. The van der Waals surface area contributed by atoms with Gasteiger partial charge in [0.1, 0.15) is 16.9 Å². The summed E-state index contributed by atoms with van der Waals surface area (Å²) in [4.78, 5) is 24.9. The molecule has 2 aromatic heterocycles. The molecule has 0 saturated heterocycles. The summed E-state index contributed by atoms with van der Waals surface area (Å²) in [6.45, 7) is 2.37. The van der Waals surface area contributed by atoms with Crippen molar-refractivity contribution in [2.75, 3.05) is 13.7 Å². The van der Waals surface area contributed by atoms with E-state index >= 15 is 0 Å². The normalized spacial score (nSPS) is 15.7. The maximum Gasteiger partial charge on any atom is 0.277 e. The zero-order chi connectivity index (χ0) is 21.5. The number of imidazole rings is 2. The van der Waals surface area contributed by atoms with Gasteiger partial charge in [-0.3, -0.25) is 9.36 Å². The number of aromatic amines is 1. The topological polar surface area (TPSA) is 77.2 Å². The Balaban J connectivity index is 1.55. The number of benzene rings is 2. The van der Waals surface area contributed by atoms with Crippen molar-refractivity contribution in [3.8, 4) is 11.4 Å². The predicted octanol–water partition coefficient (Wildman–Crippen LogP) is 1.87. The highest BCUT2D eigenvalue weighted by Crippen LogP contribution is 2.25. The Morgan fingerprint density at radius 1 is 1.23 bits per heavy atom. The fraction of sp³-hybridized carbons (Fsp3) is 0.174. The van der Waals surface area contributed by atoms with Crippen LogP contribution in [0, 0.1) is 12.7 Å². The number of fused-ring (bicyclic) bond motifs is 1. The van der Waals surface area contributed by atoms with E-state index in [0.29, 0.717) is 23.3 Å². The second-order valence-electron chi connectivity index (χ2n) is 7.44. The number of hydrogen-bond acceptors (Lipinski definition) is 4. The molecule has 3 heterocycles. The van der Waals surface area contributed by atoms with Crippen molar-refractivity contribution < 1.29 is 9.13 Å². The quantitative estimate of drug-likeness (QED) is 0.551. The lowest BCUT2D eigenvalue weighted by atomic mass is 10.1. The summed E-state index contributed by atoms with van der Waals surface area (Å²) in [5, 5.41) is 0.429. The lowest BCUT2D eigenvalue weighted by molar-refractivity contribution is 0.413. The molecule has 0 saturated carbocycles. The molecule has 1 aliphatic rings. The van der Waals surface area contributed by atoms with E-state index in [4.69, 9.17) is 4.74 Å². The number of rotatable bonds is 4. The Bertz CT molecular complexity index is 1450. The van der Waals surface area contributed by atoms with Gasteiger partial charge in [-0.25, -0.2) is 14.4 Å². The molecule has 1 unspecified atom stereocenters. The van der Waals surface area contributed by atoms with Gasteiger partial charge in [0, 0.05) is 6.20 Å². The molecule has 31 heavy (non-hydrogen) atoms. The Hall–Kier alpha value is -3.94. The molecule has 0 radical (unpaired) electrons. The van der Waals surface area contributed by atoms with Crippen LogP contribution >= 0.6 is 0 Å². The maximum absolute atomic E-state index is 13.3. The molecule has 0 fully saturated rings. The Morgan fingerprint density at radius 3 is 2.74 bits per heavy atom. The lowest BCUT2D eigenvalue weighted by Crippen LogP contribution is -2.33. The number of aromatic nitrogens is 4. The van der Waals surface area contributed by atoms with E-state index in [1.165, 1.54) is 12.1 Å². The summed E-state index contributed by atoms with van der Waals surface area (Å²) in [5.74, 6) is 0.358. The average Bonchev–Trinajstić information content (AvgIpc) is 3.46. The molecule has 1 atom stereocenters. The van der Waals surface area contributed by atoms with Crippen LogP contribution in [-0.4, -0.2) is 32.8 Å². The number of aryl methyl sites for hydroxylation is 1. The number of halogens is 1. The number of H-pyrrole nitrogens is 1. The molecule has 0 aliphatic carbocycles. The van der Waals surface area contributed by atoms with Crippen LogP contribution in [0.4, 0.5) is 4.39 Å². The van der Waals surface area contributed by atoms with Crippen molar-refractivity contribution in [2.24, 2.45) is 4.99 Å². The minimum Gasteiger partial charge on any atom is -0.495 e. The fourth-order valence-corrected chi connectivity index (χ4v) is 3.87. The zero-order valence-corrected chi connectivity index (χ0v) is 17.0. The van der Waals surface area contributed by atoms with Gasteiger partial charge in [-0.2, -0.15) is 0 Å². The van der Waals surface area contributed by atoms with Gasteiger partial charge in [0.25, 0.3) is 5.56 Å². The number of ether oxygens (including phenoxy) is 1. The summed E-state index contributed by atoms with van der Waals surface area (Å²) in [6.07, 6.45) is 5.42. The highest BCUT2D eigenvalue weighted by molar-refractivity contribution is 5.58. The fourth-order valence-electron chi connectivity index (χ4n) is 3.87. The highest BCUT2D eigenvalue weighted by atomic mass is 19.1. The predicted molar refractivity (Wildman–Crippen MR) is 114 cm³/mol. The van der Waals surface area contributed by atoms with Crippen molar-refractivity contribution in [3.05, 3.63) is 98.9 Å². The van der Waals surface area contributed by atoms with Gasteiger partial charge in [0.2, 0.25) is 5.62 Å². The summed E-state index contributed by atoms with van der Waals surface area (Å²) < 4.78 is 22.3. The first kappa shape index (κ1) is 19.0. The van der Waals surface area contributed by atoms with E-state index in [1.807, 2.05) is 35.9 Å². The molecule has 8 heteroatoms. The van der Waals surface area contributed by atoms with Crippen LogP contribution in [0.3, 0.4) is 0 Å². The summed E-state index contributed by atoms with van der Waals surface area (Å²) in [5.41, 5.74) is 3.77. The Kier molecular flexibility index (Phi) is 4.54. The molecule has 7 nitrogen and oxygen atoms in total. The van der Waals surface area contributed by atoms with Crippen LogP contribution in [0.25, 0.3) is 11.8 Å². The molecule has 0 spiro atoms. The van der Waals surface area contributed by atoms with E-state index in [0.717, 1.165) is 22.5 Å². The Morgan fingerprint density at radius 2 is 2.03 bits per heavy atom. The second kappa shape index (κ2) is 7.39. The first-order valence-electron chi connectivity index (χ1n) is 9.84. The molecule has 4 aromatic rings. The van der Waals surface area contributed by atoms with E-state index in [1.54, 1.807) is 36.2 Å². The highest BCUT2D eigenvalue weighted by Gasteiger charge is 2.23. The molecule has 0 amide bonds. The third kappa shape index (κ3) is 3.35. The van der Waals surface area contributed by atoms with Gasteiger partial charge in [-0.05, 0) is 48.4 Å². The lowest BCUT2D eigenvalue weighted by Gasteiger charge is -2.11. The van der Waals surface area contributed by atoms with Crippen LogP contribution in [0.5, 0.6) is 5.75 Å². The number of nitrogens with zero attached hydrogens (tertiary/aromatic N) is 4. The van der Waals surface area contributed by atoms with Gasteiger partial charge in [-0.1, -0.05) is 18.2 Å². The molecule has 2 aromatic carbocycles. The van der Waals surface area contributed by atoms with Crippen molar-refractivity contribution >= 4 is 6.08 Å². The smallest absolute Gasteiger partial charge is 0.277 e. The van der Waals surface area contributed by atoms with Crippen molar-refractivity contribution in [2.45, 2.75) is 13.0 Å². The standard InChI is InChI=1S/C23H20FN5O2/c1-14-12-28(13-26-14)19-8-3-15(10-21(19)31-2)9-18-22(30)29-20(11-25-23(29)27-18)16-4-6-17(24)7-5-16/h3-10,12-13,20H,11H2,1-2H3,(H,25,27)/b18-9-. The molecular formula is C23H20FN5O2. The van der Waals surface area contributed by atoms with Crippen molar-refractivity contribution in [3.63, 3.8) is 0 Å². The van der Waals surface area contributed by atoms with Crippen molar-refractivity contribution in [1.29, 1.82) is 0 Å². The molecule has 1 N–H and O–H groups in total. The van der Waals surface area contributed by atoms with E-state index in [2.05, 4.69) is 15.0 Å². The van der Waals surface area contributed by atoms with Crippen LogP contribution in [0.2, 0.25) is 0 Å². The Labute approximate surface area is 176 Å². The van der Waals surface area contributed by atoms with Gasteiger partial charge in [0.05, 0.1) is 37.4 Å². The van der Waals surface area contributed by atoms with Crippen LogP contribution in [0.1, 0.15) is 22.9 Å². The van der Waals surface area contributed by atoms with E-state index in [9.17, 15) is 9.18 Å². The minimum absolute atomic E-state index is 0.168. The molecule has 0 bridgehead atoms. The first-order chi connectivity index (χ1) is 15.0. The second-order valence-corrected chi connectivity index (χ2v) is 7.44. The minimum atomic E-state index is -0.308. The zero-order valence-electron chi connectivity index (χ0n) is 17.0. The summed E-state index contributed by atoms with van der Waals surface area (Å²) >= 11 is 0. The van der Waals surface area contributed by atoms with Gasteiger partial charge in [0.15, 0.2) is 0 Å². The molecule has 1 aliphatic heterocycles. The summed E-state index contributed by atoms with van der Waals surface area (Å²) in [6, 6.07) is 11.6. The van der Waals surface area contributed by atoms with Crippen LogP contribution in [0.15, 0.2) is 64.8 Å². The first-order valence-corrected chi connectivity index (χ1v) is 9.84. The molecule has 156 valence electrons. The maximum atomic E-state index is 13.3. The number of hydrogen-bond donors (Lipinski definition) is 1. The summed E-state index contributed by atoms with van der Waals surface area (Å²) in [7, 11) is 1.61. The average molecular weight is 417 g/mol. The van der Waals surface area contributed by atoms with Gasteiger partial charge >= 0.3 is 0 Å². The number of methoxy groups -OCH3 is 1. The SMILES string of the molecule is COc1cc(/C=c2\[nH]c3n(c2=O)C(c2ccc(F)cc2)CN=3)ccc1-n1cnc(C)c1. The van der Waals surface area contributed by atoms with E-state index < -0.39 is 0 Å². The van der Waals surface area contributed by atoms with Crippen LogP contribution < -0.4 is 21.3 Å². The van der Waals surface area contributed by atoms with Crippen LogP contribution in [-0.2, 0) is 0 Å². The van der Waals surface area contributed by atoms with E-state index in [-0.39, 0.29) is 17.4 Å². The monoisotopic (exact) mass is 417 g/mol. The number of nitrogens with one attached hydrogen (secondary N) is 1. The van der Waals surface area contributed by atoms with Gasteiger partial charge in [-0.15, -0.1) is 0 Å². The van der Waals surface area contributed by atoms with Crippen molar-refractivity contribution in [1.82, 2.24) is 19.1 Å². The molecule has 5 rings (SSSR count). The molecular weight excluding hydrogens is 397 g/mol. The van der Waals surface area contributed by atoms with Gasteiger partial charge < -0.3 is 14.3 Å².